The van der Waals surface area contributed by atoms with Crippen LogP contribution in [0.25, 0.3) is 0 Å². The van der Waals surface area contributed by atoms with Crippen LogP contribution in [-0.4, -0.2) is 32.8 Å². The topological polar surface area (TPSA) is 34.0 Å². The molecule has 1 atom stereocenters. The fraction of sp³-hybridized carbons (Fsp3) is 0.529. The summed E-state index contributed by atoms with van der Waals surface area (Å²) in [7, 11) is 0. The smallest absolute Gasteiger partial charge is 0.159 e. The van der Waals surface area contributed by atoms with E-state index >= 15 is 0 Å². The first kappa shape index (κ1) is 14.8. The van der Waals surface area contributed by atoms with Gasteiger partial charge in [0.2, 0.25) is 0 Å². The second kappa shape index (κ2) is 6.00. The number of aromatic nitrogens is 3. The average Bonchev–Trinajstić information content (AvgIpc) is 3.28. The van der Waals surface area contributed by atoms with Gasteiger partial charge in [0.1, 0.15) is 12.2 Å². The van der Waals surface area contributed by atoms with Gasteiger partial charge < -0.3 is 4.57 Å². The Bertz CT molecular complexity index is 696. The van der Waals surface area contributed by atoms with E-state index in [0.717, 1.165) is 37.3 Å². The Kier molecular flexibility index (Phi) is 3.85. The van der Waals surface area contributed by atoms with Crippen molar-refractivity contribution in [2.75, 3.05) is 13.1 Å². The minimum Gasteiger partial charge on any atom is -0.314 e. The molecule has 0 spiro atoms. The molecule has 2 heterocycles. The van der Waals surface area contributed by atoms with Gasteiger partial charge in [-0.2, -0.15) is 0 Å². The zero-order chi connectivity index (χ0) is 15.8. The summed E-state index contributed by atoms with van der Waals surface area (Å²) in [5.74, 6) is -0.105. The first-order chi connectivity index (χ1) is 11.2. The van der Waals surface area contributed by atoms with Crippen molar-refractivity contribution in [2.45, 2.75) is 44.2 Å². The van der Waals surface area contributed by atoms with Crippen LogP contribution in [0.15, 0.2) is 24.5 Å². The molecule has 0 bridgehead atoms. The van der Waals surface area contributed by atoms with E-state index in [4.69, 9.17) is 0 Å². The first-order valence-corrected chi connectivity index (χ1v) is 8.26. The molecule has 0 amide bonds. The van der Waals surface area contributed by atoms with Crippen molar-refractivity contribution < 1.29 is 8.78 Å². The van der Waals surface area contributed by atoms with Crippen LogP contribution in [0, 0.1) is 11.6 Å². The lowest BCUT2D eigenvalue weighted by atomic mass is 9.96. The highest BCUT2D eigenvalue weighted by molar-refractivity contribution is 5.18. The summed E-state index contributed by atoms with van der Waals surface area (Å²) in [5, 5.41) is 8.44. The zero-order valence-corrected chi connectivity index (χ0v) is 13.0. The summed E-state index contributed by atoms with van der Waals surface area (Å²) in [6, 6.07) is 4.75. The van der Waals surface area contributed by atoms with Crippen LogP contribution in [0.5, 0.6) is 0 Å². The fourth-order valence-electron chi connectivity index (χ4n) is 3.48. The van der Waals surface area contributed by atoms with Gasteiger partial charge in [0, 0.05) is 25.0 Å². The van der Waals surface area contributed by atoms with E-state index in [-0.39, 0.29) is 0 Å². The number of benzene rings is 1. The maximum Gasteiger partial charge on any atom is 0.159 e. The lowest BCUT2D eigenvalue weighted by Gasteiger charge is -2.32. The van der Waals surface area contributed by atoms with E-state index in [0.29, 0.717) is 18.5 Å². The minimum absolute atomic E-state index is 0.372. The van der Waals surface area contributed by atoms with E-state index in [1.54, 1.807) is 6.07 Å². The van der Waals surface area contributed by atoms with Gasteiger partial charge in [-0.3, -0.25) is 4.90 Å². The molecule has 1 aliphatic heterocycles. The molecule has 2 fully saturated rings. The Morgan fingerprint density at radius 3 is 2.78 bits per heavy atom. The van der Waals surface area contributed by atoms with Crippen molar-refractivity contribution in [2.24, 2.45) is 0 Å². The van der Waals surface area contributed by atoms with Gasteiger partial charge in [-0.05, 0) is 49.9 Å². The molecule has 1 saturated heterocycles. The average molecular weight is 318 g/mol. The monoisotopic (exact) mass is 318 g/mol. The molecule has 23 heavy (non-hydrogen) atoms. The summed E-state index contributed by atoms with van der Waals surface area (Å²) in [5.41, 5.74) is 0.813. The highest BCUT2D eigenvalue weighted by Crippen LogP contribution is 2.38. The molecule has 0 N–H and O–H groups in total. The van der Waals surface area contributed by atoms with Crippen LogP contribution in [0.1, 0.15) is 49.0 Å². The Balaban J connectivity index is 1.46. The lowest BCUT2D eigenvalue weighted by Crippen LogP contribution is -2.35. The standard InChI is InChI=1S/C17H20F2N4/c18-15-6-3-12(8-16(15)19)9-22-7-1-2-13(10-22)17-21-20-11-23(17)14-4-5-14/h3,6,8,11,13-14H,1-2,4-5,7,9-10H2/t13-/m0/s1. The van der Waals surface area contributed by atoms with Crippen LogP contribution in [0.2, 0.25) is 0 Å². The van der Waals surface area contributed by atoms with E-state index < -0.39 is 11.6 Å². The number of rotatable bonds is 4. The highest BCUT2D eigenvalue weighted by atomic mass is 19.2. The first-order valence-electron chi connectivity index (χ1n) is 8.26. The predicted molar refractivity (Wildman–Crippen MR) is 81.9 cm³/mol. The fourth-order valence-corrected chi connectivity index (χ4v) is 3.48. The number of halogens is 2. The molecular weight excluding hydrogens is 298 g/mol. The molecule has 1 saturated carbocycles. The van der Waals surface area contributed by atoms with E-state index in [1.165, 1.54) is 25.0 Å². The van der Waals surface area contributed by atoms with Crippen LogP contribution < -0.4 is 0 Å². The highest BCUT2D eigenvalue weighted by Gasteiger charge is 2.31. The Morgan fingerprint density at radius 1 is 1.13 bits per heavy atom. The number of nitrogens with zero attached hydrogens (tertiary/aromatic N) is 4. The van der Waals surface area contributed by atoms with Crippen molar-refractivity contribution in [1.29, 1.82) is 0 Å². The third kappa shape index (κ3) is 3.13. The second-order valence-electron chi connectivity index (χ2n) is 6.65. The van der Waals surface area contributed by atoms with Gasteiger partial charge >= 0.3 is 0 Å². The number of hydrogen-bond acceptors (Lipinski definition) is 3. The van der Waals surface area contributed by atoms with E-state index in [9.17, 15) is 8.78 Å². The summed E-state index contributed by atoms with van der Waals surface area (Å²) in [6.45, 7) is 2.52. The van der Waals surface area contributed by atoms with Gasteiger partial charge in [0.05, 0.1) is 0 Å². The molecular formula is C17H20F2N4. The molecule has 1 aliphatic carbocycles. The van der Waals surface area contributed by atoms with Crippen LogP contribution in [-0.2, 0) is 6.54 Å². The van der Waals surface area contributed by atoms with Gasteiger partial charge in [-0.1, -0.05) is 6.07 Å². The van der Waals surface area contributed by atoms with Crippen LogP contribution in [0.3, 0.4) is 0 Å². The Hall–Kier alpha value is -1.82. The lowest BCUT2D eigenvalue weighted by molar-refractivity contribution is 0.194. The molecule has 4 nitrogen and oxygen atoms in total. The van der Waals surface area contributed by atoms with E-state index in [2.05, 4.69) is 19.7 Å². The summed E-state index contributed by atoms with van der Waals surface area (Å²) in [4.78, 5) is 2.30. The van der Waals surface area contributed by atoms with Crippen LogP contribution in [0.4, 0.5) is 8.78 Å². The zero-order valence-electron chi connectivity index (χ0n) is 13.0. The molecule has 2 aromatic rings. The third-order valence-electron chi connectivity index (χ3n) is 4.80. The minimum atomic E-state index is -0.789. The largest absolute Gasteiger partial charge is 0.314 e. The number of hydrogen-bond donors (Lipinski definition) is 0. The quantitative estimate of drug-likeness (QED) is 0.867. The van der Waals surface area contributed by atoms with Gasteiger partial charge in [0.25, 0.3) is 0 Å². The molecule has 1 aromatic carbocycles. The van der Waals surface area contributed by atoms with Gasteiger partial charge in [-0.15, -0.1) is 10.2 Å². The molecule has 6 heteroatoms. The maximum atomic E-state index is 13.4. The van der Waals surface area contributed by atoms with Crippen molar-refractivity contribution in [3.8, 4) is 0 Å². The van der Waals surface area contributed by atoms with Gasteiger partial charge in [0.15, 0.2) is 11.6 Å². The molecule has 122 valence electrons. The predicted octanol–water partition coefficient (Wildman–Crippen LogP) is 3.27. The number of piperidine rings is 1. The Morgan fingerprint density at radius 2 is 2.00 bits per heavy atom. The molecule has 4 rings (SSSR count). The molecule has 0 unspecified atom stereocenters. The van der Waals surface area contributed by atoms with Crippen molar-refractivity contribution in [3.05, 3.63) is 47.5 Å². The summed E-state index contributed by atoms with van der Waals surface area (Å²) < 4.78 is 28.6. The molecule has 0 radical (unpaired) electrons. The second-order valence-corrected chi connectivity index (χ2v) is 6.65. The van der Waals surface area contributed by atoms with Crippen molar-refractivity contribution in [3.63, 3.8) is 0 Å². The van der Waals surface area contributed by atoms with Crippen molar-refractivity contribution in [1.82, 2.24) is 19.7 Å². The Labute approximate surface area is 134 Å². The number of likely N-dealkylation sites (tertiary alicyclic amines) is 1. The van der Waals surface area contributed by atoms with Gasteiger partial charge in [-0.25, -0.2) is 8.78 Å². The molecule has 2 aliphatic rings. The SMILES string of the molecule is Fc1ccc(CN2CCC[C@H](c3nncn3C3CC3)C2)cc1F. The normalized spacial score (nSPS) is 22.4. The third-order valence-corrected chi connectivity index (χ3v) is 4.80. The van der Waals surface area contributed by atoms with Crippen molar-refractivity contribution >= 4 is 0 Å². The summed E-state index contributed by atoms with van der Waals surface area (Å²) >= 11 is 0. The van der Waals surface area contributed by atoms with Crippen LogP contribution >= 0.6 is 0 Å². The maximum absolute atomic E-state index is 13.4. The molecule has 1 aromatic heterocycles. The summed E-state index contributed by atoms with van der Waals surface area (Å²) in [6.07, 6.45) is 6.49. The van der Waals surface area contributed by atoms with E-state index in [1.807, 2.05) is 6.33 Å².